The summed E-state index contributed by atoms with van der Waals surface area (Å²) in [7, 11) is 0. The molecule has 0 aromatic heterocycles. The lowest BCUT2D eigenvalue weighted by Gasteiger charge is -2.60. The van der Waals surface area contributed by atoms with Gasteiger partial charge in [0, 0.05) is 18.3 Å². The third-order valence-electron chi connectivity index (χ3n) is 11.4. The van der Waals surface area contributed by atoms with Gasteiger partial charge < -0.3 is 14.9 Å². The Bertz CT molecular complexity index is 937. The Morgan fingerprint density at radius 3 is 2.50 bits per heavy atom. The molecule has 2 N–H and O–H groups in total. The highest BCUT2D eigenvalue weighted by atomic mass is 16.6. The summed E-state index contributed by atoms with van der Waals surface area (Å²) in [5, 5.41) is 23.1. The fraction of sp³-hybridized carbons (Fsp3) is 0.806. The smallest absolute Gasteiger partial charge is 0.302 e. The lowest BCUT2D eigenvalue weighted by molar-refractivity contribution is -0.173. The van der Waals surface area contributed by atoms with Crippen molar-refractivity contribution in [3.8, 4) is 0 Å². The van der Waals surface area contributed by atoms with E-state index in [0.29, 0.717) is 42.9 Å². The lowest BCUT2D eigenvalue weighted by Crippen LogP contribution is -2.61. The van der Waals surface area contributed by atoms with Gasteiger partial charge in [0.25, 0.3) is 0 Å². The van der Waals surface area contributed by atoms with Crippen LogP contribution in [-0.4, -0.2) is 39.8 Å². The summed E-state index contributed by atoms with van der Waals surface area (Å²) >= 11 is 0. The Kier molecular flexibility index (Phi) is 7.42. The summed E-state index contributed by atoms with van der Waals surface area (Å²) in [4.78, 5) is 25.2. The summed E-state index contributed by atoms with van der Waals surface area (Å²) in [5.74, 6) is 1.25. The van der Waals surface area contributed by atoms with Crippen LogP contribution in [0.2, 0.25) is 0 Å². The molecule has 0 aromatic rings. The Morgan fingerprint density at radius 1 is 1.17 bits per heavy atom. The fourth-order valence-electron chi connectivity index (χ4n) is 8.61. The highest BCUT2D eigenvalue weighted by Crippen LogP contribution is 2.68. The largest absolute Gasteiger partial charge is 0.460 e. The number of aliphatic hydroxyl groups excluding tert-OH is 1. The standard InChI is InChI=1S/C31H48O5/c1-8-18(2)19(3)9-10-20(4)22-12-14-31(35)24-15-26(33)25-16-27(34)28(36-21(5)32)17-29(25,6)23(24)11-13-30(22,31)7/h9-10,15,18-20,22-23,25,27-28,34-35H,8,11-14,16-17H2,1-7H3. The van der Waals surface area contributed by atoms with Crippen LogP contribution in [0.3, 0.4) is 0 Å². The molecule has 202 valence electrons. The number of aliphatic hydroxyl groups is 2. The molecule has 0 bridgehead atoms. The van der Waals surface area contributed by atoms with Crippen LogP contribution in [0.1, 0.15) is 93.4 Å². The minimum absolute atomic E-state index is 0.0144. The third kappa shape index (κ3) is 4.22. The van der Waals surface area contributed by atoms with Crippen molar-refractivity contribution in [3.05, 3.63) is 23.8 Å². The van der Waals surface area contributed by atoms with Crippen molar-refractivity contribution in [1.82, 2.24) is 0 Å². The maximum Gasteiger partial charge on any atom is 0.302 e. The average molecular weight is 501 g/mol. The van der Waals surface area contributed by atoms with Gasteiger partial charge in [-0.25, -0.2) is 0 Å². The van der Waals surface area contributed by atoms with Gasteiger partial charge in [0.15, 0.2) is 5.78 Å². The quantitative estimate of drug-likeness (QED) is 0.364. The minimum atomic E-state index is -0.998. The van der Waals surface area contributed by atoms with Crippen molar-refractivity contribution in [2.24, 2.45) is 46.3 Å². The Labute approximate surface area is 217 Å². The predicted octanol–water partition coefficient (Wildman–Crippen LogP) is 5.64. The molecule has 0 amide bonds. The molecule has 0 saturated heterocycles. The van der Waals surface area contributed by atoms with E-state index in [0.717, 1.165) is 24.8 Å². The molecule has 0 heterocycles. The second-order valence-electron chi connectivity index (χ2n) is 13.2. The van der Waals surface area contributed by atoms with Crippen molar-refractivity contribution in [1.29, 1.82) is 0 Å². The number of allylic oxidation sites excluding steroid dienone is 3. The first-order chi connectivity index (χ1) is 16.8. The van der Waals surface area contributed by atoms with Gasteiger partial charge >= 0.3 is 5.97 Å². The third-order valence-corrected chi connectivity index (χ3v) is 11.4. The molecule has 36 heavy (non-hydrogen) atoms. The van der Waals surface area contributed by atoms with E-state index in [1.807, 2.05) is 0 Å². The van der Waals surface area contributed by atoms with Gasteiger partial charge in [-0.15, -0.1) is 0 Å². The number of hydrogen-bond acceptors (Lipinski definition) is 5. The molecule has 11 atom stereocenters. The number of carbonyl (C=O) groups is 2. The van der Waals surface area contributed by atoms with Crippen molar-refractivity contribution in [3.63, 3.8) is 0 Å². The second-order valence-corrected chi connectivity index (χ2v) is 13.2. The maximum absolute atomic E-state index is 13.5. The van der Waals surface area contributed by atoms with E-state index in [1.54, 1.807) is 6.08 Å². The van der Waals surface area contributed by atoms with Crippen molar-refractivity contribution >= 4 is 11.8 Å². The summed E-state index contributed by atoms with van der Waals surface area (Å²) in [6.07, 6.45) is 10.4. The van der Waals surface area contributed by atoms with Gasteiger partial charge in [0.1, 0.15) is 6.10 Å². The molecule has 3 fully saturated rings. The van der Waals surface area contributed by atoms with Crippen LogP contribution in [0.4, 0.5) is 0 Å². The molecule has 0 radical (unpaired) electrons. The maximum atomic E-state index is 13.5. The molecule has 0 spiro atoms. The van der Waals surface area contributed by atoms with Gasteiger partial charge in [-0.3, -0.25) is 9.59 Å². The number of carbonyl (C=O) groups excluding carboxylic acids is 2. The molecule has 0 aromatic carbocycles. The monoisotopic (exact) mass is 500 g/mol. The van der Waals surface area contributed by atoms with Crippen molar-refractivity contribution < 1.29 is 24.5 Å². The van der Waals surface area contributed by atoms with E-state index in [-0.39, 0.29) is 23.0 Å². The second kappa shape index (κ2) is 9.69. The summed E-state index contributed by atoms with van der Waals surface area (Å²) in [5.41, 5.74) is -0.815. The van der Waals surface area contributed by atoms with Gasteiger partial charge in [0.05, 0.1) is 11.7 Å². The summed E-state index contributed by atoms with van der Waals surface area (Å²) < 4.78 is 5.49. The van der Waals surface area contributed by atoms with Crippen molar-refractivity contribution in [2.45, 2.75) is 111 Å². The zero-order valence-electron chi connectivity index (χ0n) is 23.4. The van der Waals surface area contributed by atoms with E-state index >= 15 is 0 Å². The fourth-order valence-corrected chi connectivity index (χ4v) is 8.61. The number of hydrogen-bond donors (Lipinski definition) is 2. The molecular formula is C31H48O5. The lowest BCUT2D eigenvalue weighted by atomic mass is 9.46. The van der Waals surface area contributed by atoms with Crippen LogP contribution in [0.5, 0.6) is 0 Å². The van der Waals surface area contributed by atoms with Gasteiger partial charge in [-0.1, -0.05) is 60.1 Å². The predicted molar refractivity (Wildman–Crippen MR) is 141 cm³/mol. The van der Waals surface area contributed by atoms with Crippen LogP contribution in [0.25, 0.3) is 0 Å². The zero-order valence-corrected chi connectivity index (χ0v) is 23.4. The average Bonchev–Trinajstić information content (AvgIpc) is 3.09. The highest BCUT2D eigenvalue weighted by molar-refractivity contribution is 5.95. The molecule has 4 aliphatic carbocycles. The van der Waals surface area contributed by atoms with E-state index < -0.39 is 29.2 Å². The molecule has 4 rings (SSSR count). The van der Waals surface area contributed by atoms with Crippen LogP contribution >= 0.6 is 0 Å². The molecule has 3 saturated carbocycles. The van der Waals surface area contributed by atoms with Crippen LogP contribution in [0.15, 0.2) is 23.8 Å². The van der Waals surface area contributed by atoms with E-state index in [4.69, 9.17) is 4.74 Å². The Balaban J connectivity index is 1.63. The first-order valence-electron chi connectivity index (χ1n) is 14.3. The van der Waals surface area contributed by atoms with Gasteiger partial charge in [-0.05, 0) is 85.2 Å². The topological polar surface area (TPSA) is 83.8 Å². The van der Waals surface area contributed by atoms with E-state index in [9.17, 15) is 19.8 Å². The number of ketones is 1. The first kappa shape index (κ1) is 27.6. The number of esters is 1. The number of fused-ring (bicyclic) bond motifs is 5. The molecule has 0 aliphatic heterocycles. The SMILES string of the molecule is CCC(C)C(C)C=CC(C)C1CCC2(O)C3=CC(=O)C4CC(O)C(OC(C)=O)CC4(C)C3CCC12C. The molecule has 5 heteroatoms. The molecule has 5 nitrogen and oxygen atoms in total. The minimum Gasteiger partial charge on any atom is -0.460 e. The Hall–Kier alpha value is -1.46. The van der Waals surface area contributed by atoms with E-state index in [2.05, 4.69) is 53.7 Å². The van der Waals surface area contributed by atoms with Crippen LogP contribution < -0.4 is 0 Å². The molecule has 11 unspecified atom stereocenters. The summed E-state index contributed by atoms with van der Waals surface area (Å²) in [6.45, 7) is 14.8. The van der Waals surface area contributed by atoms with Crippen LogP contribution in [0, 0.1) is 46.3 Å². The van der Waals surface area contributed by atoms with E-state index in [1.165, 1.54) is 13.3 Å². The number of rotatable bonds is 6. The first-order valence-corrected chi connectivity index (χ1v) is 14.3. The highest BCUT2D eigenvalue weighted by Gasteiger charge is 2.67. The van der Waals surface area contributed by atoms with Gasteiger partial charge in [0.2, 0.25) is 0 Å². The van der Waals surface area contributed by atoms with Crippen LogP contribution in [-0.2, 0) is 14.3 Å². The van der Waals surface area contributed by atoms with Crippen molar-refractivity contribution in [2.75, 3.05) is 0 Å². The zero-order chi connectivity index (χ0) is 26.6. The normalized spacial score (nSPS) is 44.8. The number of ether oxygens (including phenoxy) is 1. The molecule has 4 aliphatic rings. The molecular weight excluding hydrogens is 452 g/mol. The Morgan fingerprint density at radius 2 is 1.86 bits per heavy atom. The van der Waals surface area contributed by atoms with Gasteiger partial charge in [-0.2, -0.15) is 0 Å². The summed E-state index contributed by atoms with van der Waals surface area (Å²) in [6, 6.07) is 0.